The molecule has 0 radical (unpaired) electrons. The topological polar surface area (TPSA) is 59.6 Å². The Morgan fingerprint density at radius 3 is 2.25 bits per heavy atom. The van der Waals surface area contributed by atoms with Crippen LogP contribution in [0.25, 0.3) is 0 Å². The zero-order chi connectivity index (χ0) is 19.6. The molecule has 0 saturated carbocycles. The van der Waals surface area contributed by atoms with E-state index in [2.05, 4.69) is 10.6 Å². The largest absolute Gasteiger partial charge is 0.490 e. The van der Waals surface area contributed by atoms with Crippen molar-refractivity contribution >= 4 is 28.9 Å². The molecule has 0 aliphatic heterocycles. The van der Waals surface area contributed by atoms with Gasteiger partial charge in [-0.2, -0.15) is 0 Å². The maximum absolute atomic E-state index is 12.1. The molecular weight excluding hydrogens is 376 g/mol. The van der Waals surface area contributed by atoms with Crippen LogP contribution in [0.2, 0.25) is 5.02 Å². The lowest BCUT2D eigenvalue weighted by Gasteiger charge is -2.11. The molecule has 3 aromatic rings. The predicted octanol–water partition coefficient (Wildman–Crippen LogP) is 4.85. The number of hydrogen-bond donors (Lipinski definition) is 2. The zero-order valence-corrected chi connectivity index (χ0v) is 16.0. The molecule has 0 spiro atoms. The quantitative estimate of drug-likeness (QED) is 0.508. The SMILES string of the molecule is O=C(CNc1cccc(Cl)c1)Nc1cccc(OCCOc2ccccc2)c1. The average Bonchev–Trinajstić information content (AvgIpc) is 2.71. The maximum atomic E-state index is 12.1. The molecule has 5 nitrogen and oxygen atoms in total. The standard InChI is InChI=1S/C22H21ClN2O3/c23-17-6-4-7-18(14-17)24-16-22(26)25-19-8-5-11-21(15-19)28-13-12-27-20-9-2-1-3-10-20/h1-11,14-15,24H,12-13,16H2,(H,25,26). The van der Waals surface area contributed by atoms with Crippen LogP contribution in [0.15, 0.2) is 78.9 Å². The van der Waals surface area contributed by atoms with Crippen LogP contribution < -0.4 is 20.1 Å². The van der Waals surface area contributed by atoms with E-state index in [-0.39, 0.29) is 12.5 Å². The molecule has 3 aromatic carbocycles. The fraction of sp³-hybridized carbons (Fsp3) is 0.136. The summed E-state index contributed by atoms with van der Waals surface area (Å²) in [6, 6.07) is 24.0. The Kier molecular flexibility index (Phi) is 7.15. The summed E-state index contributed by atoms with van der Waals surface area (Å²) >= 11 is 5.93. The summed E-state index contributed by atoms with van der Waals surface area (Å²) in [6.07, 6.45) is 0. The minimum absolute atomic E-state index is 0.135. The minimum atomic E-state index is -0.162. The fourth-order valence-corrected chi connectivity index (χ4v) is 2.68. The highest BCUT2D eigenvalue weighted by atomic mass is 35.5. The highest BCUT2D eigenvalue weighted by Crippen LogP contribution is 2.18. The van der Waals surface area contributed by atoms with Crippen molar-refractivity contribution in [3.8, 4) is 11.5 Å². The van der Waals surface area contributed by atoms with Crippen molar-refractivity contribution in [1.29, 1.82) is 0 Å². The molecule has 144 valence electrons. The predicted molar refractivity (Wildman–Crippen MR) is 112 cm³/mol. The summed E-state index contributed by atoms with van der Waals surface area (Å²) in [7, 11) is 0. The second-order valence-electron chi connectivity index (χ2n) is 5.95. The van der Waals surface area contributed by atoms with Crippen LogP contribution in [0.1, 0.15) is 0 Å². The molecule has 3 rings (SSSR count). The average molecular weight is 397 g/mol. The van der Waals surface area contributed by atoms with Gasteiger partial charge < -0.3 is 20.1 Å². The first-order valence-electron chi connectivity index (χ1n) is 8.89. The molecule has 0 heterocycles. The van der Waals surface area contributed by atoms with Gasteiger partial charge in [-0.1, -0.05) is 41.9 Å². The van der Waals surface area contributed by atoms with Gasteiger partial charge in [0, 0.05) is 22.5 Å². The van der Waals surface area contributed by atoms with Gasteiger partial charge >= 0.3 is 0 Å². The number of para-hydroxylation sites is 1. The fourth-order valence-electron chi connectivity index (χ4n) is 2.49. The van der Waals surface area contributed by atoms with Gasteiger partial charge in [-0.05, 0) is 42.5 Å². The normalized spacial score (nSPS) is 10.2. The van der Waals surface area contributed by atoms with E-state index >= 15 is 0 Å². The van der Waals surface area contributed by atoms with Crippen molar-refractivity contribution in [2.24, 2.45) is 0 Å². The smallest absolute Gasteiger partial charge is 0.243 e. The molecule has 0 atom stereocenters. The van der Waals surface area contributed by atoms with Gasteiger partial charge in [-0.15, -0.1) is 0 Å². The number of nitrogens with one attached hydrogen (secondary N) is 2. The van der Waals surface area contributed by atoms with E-state index in [9.17, 15) is 4.79 Å². The summed E-state index contributed by atoms with van der Waals surface area (Å²) in [5, 5.41) is 6.49. The third kappa shape index (κ3) is 6.52. The minimum Gasteiger partial charge on any atom is -0.490 e. The van der Waals surface area contributed by atoms with Gasteiger partial charge in [0.15, 0.2) is 0 Å². The van der Waals surface area contributed by atoms with Crippen molar-refractivity contribution in [2.75, 3.05) is 30.4 Å². The van der Waals surface area contributed by atoms with E-state index in [4.69, 9.17) is 21.1 Å². The second-order valence-corrected chi connectivity index (χ2v) is 6.39. The summed E-state index contributed by atoms with van der Waals surface area (Å²) in [5.74, 6) is 1.31. The number of amides is 1. The Morgan fingerprint density at radius 2 is 1.46 bits per heavy atom. The Balaban J connectivity index is 1.42. The van der Waals surface area contributed by atoms with E-state index in [1.165, 1.54) is 0 Å². The zero-order valence-electron chi connectivity index (χ0n) is 15.2. The van der Waals surface area contributed by atoms with Gasteiger partial charge in [-0.25, -0.2) is 0 Å². The highest BCUT2D eigenvalue weighted by Gasteiger charge is 2.04. The number of halogens is 1. The first kappa shape index (κ1) is 19.6. The number of carbonyl (C=O) groups excluding carboxylic acids is 1. The Morgan fingerprint density at radius 1 is 0.786 bits per heavy atom. The van der Waals surface area contributed by atoms with Crippen molar-refractivity contribution in [3.05, 3.63) is 83.9 Å². The molecule has 1 amide bonds. The molecule has 0 unspecified atom stereocenters. The molecule has 0 bridgehead atoms. The van der Waals surface area contributed by atoms with Gasteiger partial charge in [0.1, 0.15) is 24.7 Å². The van der Waals surface area contributed by atoms with E-state index in [1.54, 1.807) is 18.2 Å². The summed E-state index contributed by atoms with van der Waals surface area (Å²) in [6.45, 7) is 0.975. The van der Waals surface area contributed by atoms with Crippen molar-refractivity contribution < 1.29 is 14.3 Å². The highest BCUT2D eigenvalue weighted by molar-refractivity contribution is 6.30. The number of carbonyl (C=O) groups is 1. The second kappa shape index (κ2) is 10.2. The maximum Gasteiger partial charge on any atom is 0.243 e. The first-order valence-corrected chi connectivity index (χ1v) is 9.27. The Labute approximate surface area is 169 Å². The molecule has 0 aliphatic carbocycles. The number of ether oxygens (including phenoxy) is 2. The first-order chi connectivity index (χ1) is 13.7. The molecule has 0 saturated heterocycles. The Hall–Kier alpha value is -3.18. The van der Waals surface area contributed by atoms with Crippen LogP contribution in [-0.2, 0) is 4.79 Å². The number of anilines is 2. The van der Waals surface area contributed by atoms with Gasteiger partial charge in [0.05, 0.1) is 6.54 Å². The summed E-state index contributed by atoms with van der Waals surface area (Å²) in [5.41, 5.74) is 1.46. The van der Waals surface area contributed by atoms with Gasteiger partial charge in [0.25, 0.3) is 0 Å². The molecule has 0 fully saturated rings. The van der Waals surface area contributed by atoms with Crippen LogP contribution in [0.3, 0.4) is 0 Å². The van der Waals surface area contributed by atoms with Gasteiger partial charge in [-0.3, -0.25) is 4.79 Å². The number of hydrogen-bond acceptors (Lipinski definition) is 4. The summed E-state index contributed by atoms with van der Waals surface area (Å²) in [4.78, 5) is 12.1. The van der Waals surface area contributed by atoms with Crippen LogP contribution in [0.5, 0.6) is 11.5 Å². The van der Waals surface area contributed by atoms with Crippen LogP contribution in [0, 0.1) is 0 Å². The van der Waals surface area contributed by atoms with Crippen LogP contribution in [-0.4, -0.2) is 25.7 Å². The molecule has 0 aliphatic rings. The lowest BCUT2D eigenvalue weighted by molar-refractivity contribution is -0.114. The molecule has 2 N–H and O–H groups in total. The monoisotopic (exact) mass is 396 g/mol. The van der Waals surface area contributed by atoms with Crippen molar-refractivity contribution in [1.82, 2.24) is 0 Å². The van der Waals surface area contributed by atoms with E-state index in [1.807, 2.05) is 60.7 Å². The number of rotatable bonds is 9. The third-order valence-electron chi connectivity index (χ3n) is 3.76. The van der Waals surface area contributed by atoms with E-state index in [0.717, 1.165) is 11.4 Å². The summed E-state index contributed by atoms with van der Waals surface area (Å²) < 4.78 is 11.3. The molecule has 28 heavy (non-hydrogen) atoms. The van der Waals surface area contributed by atoms with Gasteiger partial charge in [0.2, 0.25) is 5.91 Å². The molecule has 6 heteroatoms. The lowest BCUT2D eigenvalue weighted by Crippen LogP contribution is -2.21. The van der Waals surface area contributed by atoms with Crippen molar-refractivity contribution in [2.45, 2.75) is 0 Å². The number of benzene rings is 3. The molecular formula is C22H21ClN2O3. The Bertz CT molecular complexity index is 903. The van der Waals surface area contributed by atoms with E-state index in [0.29, 0.717) is 29.7 Å². The molecule has 0 aromatic heterocycles. The van der Waals surface area contributed by atoms with Crippen LogP contribution >= 0.6 is 11.6 Å². The lowest BCUT2D eigenvalue weighted by atomic mass is 10.3. The van der Waals surface area contributed by atoms with Crippen molar-refractivity contribution in [3.63, 3.8) is 0 Å². The third-order valence-corrected chi connectivity index (χ3v) is 3.99. The van der Waals surface area contributed by atoms with Crippen LogP contribution in [0.4, 0.5) is 11.4 Å². The van der Waals surface area contributed by atoms with E-state index < -0.39 is 0 Å².